The molecule has 5 rings (SSSR count). The Morgan fingerprint density at radius 3 is 2.49 bits per heavy atom. The number of ether oxygens (including phenoxy) is 3. The summed E-state index contributed by atoms with van der Waals surface area (Å²) in [6.07, 6.45) is 4.51. The van der Waals surface area contributed by atoms with E-state index in [4.69, 9.17) is 19.5 Å². The summed E-state index contributed by atoms with van der Waals surface area (Å²) in [5.41, 5.74) is 4.05. The second kappa shape index (κ2) is 12.1. The number of fused-ring (bicyclic) bond motifs is 1. The highest BCUT2D eigenvalue weighted by Crippen LogP contribution is 2.40. The van der Waals surface area contributed by atoms with Gasteiger partial charge in [0.05, 0.1) is 30.9 Å². The van der Waals surface area contributed by atoms with Crippen LogP contribution in [-0.4, -0.2) is 36.3 Å². The third-order valence-electron chi connectivity index (χ3n) is 7.56. The van der Waals surface area contributed by atoms with Gasteiger partial charge < -0.3 is 23.9 Å². The minimum Gasteiger partial charge on any atom is -0.493 e. The van der Waals surface area contributed by atoms with Gasteiger partial charge in [0, 0.05) is 18.5 Å². The van der Waals surface area contributed by atoms with Gasteiger partial charge >= 0.3 is 0 Å². The molecule has 1 saturated carbocycles. The monoisotopic (exact) mass is 524 g/mol. The zero-order valence-electron chi connectivity index (χ0n) is 22.0. The first kappa shape index (κ1) is 26.5. The van der Waals surface area contributed by atoms with Gasteiger partial charge in [0.15, 0.2) is 17.6 Å². The summed E-state index contributed by atoms with van der Waals surface area (Å²) < 4.78 is 18.2. The Labute approximate surface area is 228 Å². The van der Waals surface area contributed by atoms with Crippen LogP contribution >= 0.6 is 0 Å². The lowest BCUT2D eigenvalue weighted by atomic mass is 9.92. The first-order valence-electron chi connectivity index (χ1n) is 13.4. The Kier molecular flexibility index (Phi) is 8.24. The maximum absolute atomic E-state index is 14.0. The number of carbonyl (C=O) groups excluding carboxylic acids is 2. The average molecular weight is 525 g/mol. The maximum atomic E-state index is 14.0. The van der Waals surface area contributed by atoms with Crippen LogP contribution in [0.2, 0.25) is 0 Å². The summed E-state index contributed by atoms with van der Waals surface area (Å²) in [7, 11) is 1.58. The van der Waals surface area contributed by atoms with Crippen LogP contribution in [0, 0.1) is 11.3 Å². The lowest BCUT2D eigenvalue weighted by Crippen LogP contribution is -2.48. The summed E-state index contributed by atoms with van der Waals surface area (Å²) in [5, 5.41) is 9.05. The topological polar surface area (TPSA) is 88.9 Å². The van der Waals surface area contributed by atoms with Gasteiger partial charge in [-0.3, -0.25) is 4.79 Å². The van der Waals surface area contributed by atoms with E-state index in [0.29, 0.717) is 23.5 Å². The Balaban J connectivity index is 1.41. The molecule has 200 valence electrons. The normalized spacial score (nSPS) is 17.6. The molecule has 1 aliphatic carbocycles. The maximum Gasteiger partial charge on any atom is 0.257 e. The first-order chi connectivity index (χ1) is 19.1. The molecule has 1 aliphatic heterocycles. The van der Waals surface area contributed by atoms with Gasteiger partial charge in [-0.1, -0.05) is 61.4 Å². The third kappa shape index (κ3) is 5.81. The van der Waals surface area contributed by atoms with Crippen LogP contribution in [0.1, 0.15) is 59.6 Å². The van der Waals surface area contributed by atoms with Gasteiger partial charge in [-0.15, -0.1) is 0 Å². The van der Waals surface area contributed by atoms with Crippen molar-refractivity contribution in [2.45, 2.75) is 63.5 Å². The first-order valence-corrected chi connectivity index (χ1v) is 13.4. The number of aldehydes is 1. The van der Waals surface area contributed by atoms with E-state index in [1.165, 1.54) is 0 Å². The van der Waals surface area contributed by atoms with E-state index in [0.717, 1.165) is 54.2 Å². The molecule has 1 fully saturated rings. The van der Waals surface area contributed by atoms with Gasteiger partial charge in [-0.05, 0) is 47.7 Å². The molecule has 0 saturated heterocycles. The van der Waals surface area contributed by atoms with Crippen LogP contribution < -0.4 is 9.47 Å². The van der Waals surface area contributed by atoms with E-state index in [9.17, 15) is 9.59 Å². The van der Waals surface area contributed by atoms with E-state index in [2.05, 4.69) is 6.07 Å². The van der Waals surface area contributed by atoms with Crippen LogP contribution in [0.25, 0.3) is 0 Å². The number of benzene rings is 3. The number of carbonyl (C=O) groups is 2. The van der Waals surface area contributed by atoms with Gasteiger partial charge in [0.1, 0.15) is 12.9 Å². The van der Waals surface area contributed by atoms with Crippen molar-refractivity contribution in [1.29, 1.82) is 5.26 Å². The molecule has 0 N–H and O–H groups in total. The highest BCUT2D eigenvalue weighted by molar-refractivity contribution is 5.85. The largest absolute Gasteiger partial charge is 0.493 e. The Hall–Kier alpha value is -4.15. The van der Waals surface area contributed by atoms with Crippen molar-refractivity contribution in [2.24, 2.45) is 0 Å². The molecule has 0 unspecified atom stereocenters. The van der Waals surface area contributed by atoms with Crippen LogP contribution in [0.15, 0.2) is 66.7 Å². The van der Waals surface area contributed by atoms with Crippen molar-refractivity contribution < 1.29 is 23.8 Å². The fourth-order valence-electron chi connectivity index (χ4n) is 5.43. The molecule has 3 aromatic rings. The van der Waals surface area contributed by atoms with Crippen molar-refractivity contribution >= 4 is 12.2 Å². The lowest BCUT2D eigenvalue weighted by Gasteiger charge is -2.37. The lowest BCUT2D eigenvalue weighted by molar-refractivity contribution is -0.153. The SMILES string of the molecule is COc1ccc2c(c1OCc1ccc(C#N)cc1)C[C@H](C=O)N(C(=O)[C@@H](OC1CCCC1)c1ccccc1)C2. The summed E-state index contributed by atoms with van der Waals surface area (Å²) in [6.45, 7) is 0.546. The number of amides is 1. The molecule has 0 aromatic heterocycles. The summed E-state index contributed by atoms with van der Waals surface area (Å²) in [6, 6.07) is 22.0. The zero-order valence-corrected chi connectivity index (χ0v) is 22.0. The van der Waals surface area contributed by atoms with Gasteiger partial charge in [-0.25, -0.2) is 0 Å². The smallest absolute Gasteiger partial charge is 0.257 e. The molecule has 0 bridgehead atoms. The highest BCUT2D eigenvalue weighted by atomic mass is 16.5. The minimum atomic E-state index is -0.761. The van der Waals surface area contributed by atoms with E-state index < -0.39 is 12.1 Å². The molecule has 39 heavy (non-hydrogen) atoms. The van der Waals surface area contributed by atoms with E-state index >= 15 is 0 Å². The number of rotatable bonds is 9. The van der Waals surface area contributed by atoms with Crippen molar-refractivity contribution in [1.82, 2.24) is 4.90 Å². The molecule has 0 radical (unpaired) electrons. The Morgan fingerprint density at radius 1 is 1.08 bits per heavy atom. The van der Waals surface area contributed by atoms with Crippen LogP contribution in [0.5, 0.6) is 11.5 Å². The van der Waals surface area contributed by atoms with Crippen LogP contribution in [-0.2, 0) is 33.9 Å². The molecule has 1 amide bonds. The van der Waals surface area contributed by atoms with Crippen molar-refractivity contribution in [3.05, 3.63) is 94.5 Å². The van der Waals surface area contributed by atoms with Gasteiger partial charge in [0.25, 0.3) is 5.91 Å². The molecular weight excluding hydrogens is 492 g/mol. The van der Waals surface area contributed by atoms with Crippen molar-refractivity contribution in [3.8, 4) is 17.6 Å². The molecule has 0 spiro atoms. The van der Waals surface area contributed by atoms with E-state index in [-0.39, 0.29) is 25.2 Å². The van der Waals surface area contributed by atoms with Gasteiger partial charge in [-0.2, -0.15) is 5.26 Å². The summed E-state index contributed by atoms with van der Waals surface area (Å²) >= 11 is 0. The predicted molar refractivity (Wildman–Crippen MR) is 145 cm³/mol. The quantitative estimate of drug-likeness (QED) is 0.353. The number of hydrogen-bond acceptors (Lipinski definition) is 6. The van der Waals surface area contributed by atoms with Crippen molar-refractivity contribution in [3.63, 3.8) is 0 Å². The standard InChI is InChI=1S/C32H32N2O5/c1-37-29-16-15-25-19-34(32(36)30(24-7-3-2-4-8-24)39-27-9-5-6-10-27)26(20-35)17-28(25)31(29)38-21-23-13-11-22(18-33)12-14-23/h2-4,7-8,11-16,20,26-27,30H,5-6,9-10,17,19,21H2,1H3/t26-,30+/m1/s1. The number of nitrogens with zero attached hydrogens (tertiary/aromatic N) is 2. The predicted octanol–water partition coefficient (Wildman–Crippen LogP) is 5.30. The zero-order chi connectivity index (χ0) is 27.2. The second-order valence-electron chi connectivity index (χ2n) is 10.0. The second-order valence-corrected chi connectivity index (χ2v) is 10.0. The fourth-order valence-corrected chi connectivity index (χ4v) is 5.43. The Morgan fingerprint density at radius 2 is 1.82 bits per heavy atom. The molecule has 1 heterocycles. The van der Waals surface area contributed by atoms with E-state index in [1.807, 2.05) is 54.6 Å². The molecule has 2 aliphatic rings. The molecule has 7 nitrogen and oxygen atoms in total. The average Bonchev–Trinajstić information content (AvgIpc) is 3.51. The molecule has 2 atom stereocenters. The third-order valence-corrected chi connectivity index (χ3v) is 7.56. The molecule has 3 aromatic carbocycles. The minimum absolute atomic E-state index is 0.0393. The fraction of sp³-hybridized carbons (Fsp3) is 0.344. The molecular formula is C32H32N2O5. The summed E-state index contributed by atoms with van der Waals surface area (Å²) in [4.78, 5) is 28.0. The van der Waals surface area contributed by atoms with Crippen LogP contribution in [0.4, 0.5) is 0 Å². The van der Waals surface area contributed by atoms with E-state index in [1.54, 1.807) is 24.1 Å². The number of nitriles is 1. The Bertz CT molecular complexity index is 1340. The highest BCUT2D eigenvalue weighted by Gasteiger charge is 2.38. The van der Waals surface area contributed by atoms with Gasteiger partial charge in [0.2, 0.25) is 0 Å². The number of hydrogen-bond donors (Lipinski definition) is 0. The van der Waals surface area contributed by atoms with Crippen molar-refractivity contribution in [2.75, 3.05) is 7.11 Å². The summed E-state index contributed by atoms with van der Waals surface area (Å²) in [5.74, 6) is 0.936. The molecule has 7 heteroatoms. The van der Waals surface area contributed by atoms with Crippen LogP contribution in [0.3, 0.4) is 0 Å². The number of methoxy groups -OCH3 is 1.